The Hall–Kier alpha value is -2.75. The van der Waals surface area contributed by atoms with E-state index in [1.165, 1.54) is 0 Å². The van der Waals surface area contributed by atoms with Crippen molar-refractivity contribution in [2.45, 2.75) is 0 Å². The molecular weight excluding hydrogens is 244 g/mol. The average Bonchev–Trinajstić information content (AvgIpc) is 2.78. The third-order valence-electron chi connectivity index (χ3n) is 3.00. The van der Waals surface area contributed by atoms with Crippen LogP contribution in [0, 0.1) is 0 Å². The summed E-state index contributed by atoms with van der Waals surface area (Å²) in [5.74, 6) is -1.81. The zero-order chi connectivity index (χ0) is 13.4. The lowest BCUT2D eigenvalue weighted by molar-refractivity contribution is 0.0659. The van der Waals surface area contributed by atoms with Crippen molar-refractivity contribution in [2.75, 3.05) is 0 Å². The molecule has 94 valence electrons. The summed E-state index contributed by atoms with van der Waals surface area (Å²) < 4.78 is 4.94. The molecule has 1 heterocycles. The molecule has 2 N–H and O–H groups in total. The number of carbonyl (C=O) groups is 1. The topological polar surface area (TPSA) is 70.7 Å². The van der Waals surface area contributed by atoms with E-state index in [4.69, 9.17) is 9.52 Å². The molecule has 0 bridgehead atoms. The van der Waals surface area contributed by atoms with Gasteiger partial charge in [-0.1, -0.05) is 42.5 Å². The lowest BCUT2D eigenvalue weighted by Gasteiger charge is -2.03. The number of fused-ring (bicyclic) bond motifs is 1. The van der Waals surface area contributed by atoms with Crippen LogP contribution in [0.15, 0.2) is 52.9 Å². The SMILES string of the molecule is O=C(O)c1oc(O)c2cccc(-c3ccccc3)c12. The minimum Gasteiger partial charge on any atom is -0.480 e. The molecule has 0 spiro atoms. The summed E-state index contributed by atoms with van der Waals surface area (Å²) in [6.45, 7) is 0. The van der Waals surface area contributed by atoms with Gasteiger partial charge in [-0.25, -0.2) is 4.79 Å². The van der Waals surface area contributed by atoms with Crippen LogP contribution in [0.5, 0.6) is 5.95 Å². The summed E-state index contributed by atoms with van der Waals surface area (Å²) in [4.78, 5) is 11.2. The number of aromatic hydroxyl groups is 1. The van der Waals surface area contributed by atoms with Gasteiger partial charge in [0.05, 0.1) is 5.39 Å². The first-order valence-corrected chi connectivity index (χ1v) is 5.71. The van der Waals surface area contributed by atoms with Crippen molar-refractivity contribution in [1.29, 1.82) is 0 Å². The van der Waals surface area contributed by atoms with Crippen LogP contribution in [-0.4, -0.2) is 16.2 Å². The van der Waals surface area contributed by atoms with E-state index in [0.717, 1.165) is 11.1 Å². The molecule has 0 saturated carbocycles. The molecular formula is C15H10O4. The van der Waals surface area contributed by atoms with Crippen LogP contribution in [0.1, 0.15) is 10.6 Å². The Morgan fingerprint density at radius 3 is 2.42 bits per heavy atom. The molecule has 1 aromatic heterocycles. The second-order valence-electron chi connectivity index (χ2n) is 4.14. The van der Waals surface area contributed by atoms with Crippen LogP contribution >= 0.6 is 0 Å². The molecule has 4 nitrogen and oxygen atoms in total. The van der Waals surface area contributed by atoms with Gasteiger partial charge in [-0.15, -0.1) is 0 Å². The van der Waals surface area contributed by atoms with Gasteiger partial charge in [-0.2, -0.15) is 0 Å². The van der Waals surface area contributed by atoms with Crippen LogP contribution in [0.4, 0.5) is 0 Å². The van der Waals surface area contributed by atoms with Crippen LogP contribution < -0.4 is 0 Å². The first-order chi connectivity index (χ1) is 9.18. The maximum absolute atomic E-state index is 11.2. The van der Waals surface area contributed by atoms with Gasteiger partial charge in [0.15, 0.2) is 0 Å². The van der Waals surface area contributed by atoms with Crippen LogP contribution in [-0.2, 0) is 0 Å². The smallest absolute Gasteiger partial charge is 0.372 e. The number of hydrogen-bond donors (Lipinski definition) is 2. The van der Waals surface area contributed by atoms with Gasteiger partial charge in [0.2, 0.25) is 5.76 Å². The van der Waals surface area contributed by atoms with Crippen LogP contribution in [0.3, 0.4) is 0 Å². The molecule has 0 radical (unpaired) electrons. The Labute approximate surface area is 108 Å². The fourth-order valence-corrected chi connectivity index (χ4v) is 2.19. The molecule has 0 atom stereocenters. The first-order valence-electron chi connectivity index (χ1n) is 5.71. The van der Waals surface area contributed by atoms with Gasteiger partial charge in [0.1, 0.15) is 0 Å². The number of furan rings is 1. The van der Waals surface area contributed by atoms with E-state index in [-0.39, 0.29) is 11.7 Å². The zero-order valence-electron chi connectivity index (χ0n) is 9.83. The number of carboxylic acids is 1. The van der Waals surface area contributed by atoms with Crippen molar-refractivity contribution in [3.05, 3.63) is 54.3 Å². The molecule has 0 aliphatic carbocycles. The Morgan fingerprint density at radius 1 is 1.00 bits per heavy atom. The van der Waals surface area contributed by atoms with Crippen molar-refractivity contribution in [2.24, 2.45) is 0 Å². The number of benzene rings is 2. The number of aromatic carboxylic acids is 1. The normalized spacial score (nSPS) is 10.7. The molecule has 3 aromatic rings. The Morgan fingerprint density at radius 2 is 1.74 bits per heavy atom. The number of rotatable bonds is 2. The van der Waals surface area contributed by atoms with Gasteiger partial charge in [-0.3, -0.25) is 0 Å². The van der Waals surface area contributed by atoms with E-state index in [2.05, 4.69) is 0 Å². The molecule has 0 fully saturated rings. The van der Waals surface area contributed by atoms with Crippen LogP contribution in [0.2, 0.25) is 0 Å². The van der Waals surface area contributed by atoms with Gasteiger partial charge in [0, 0.05) is 5.39 Å². The molecule has 4 heteroatoms. The molecule has 0 aliphatic heterocycles. The predicted molar refractivity (Wildman–Crippen MR) is 70.3 cm³/mol. The van der Waals surface area contributed by atoms with Gasteiger partial charge in [0.25, 0.3) is 5.95 Å². The maximum Gasteiger partial charge on any atom is 0.372 e. The first kappa shape index (κ1) is 11.3. The van der Waals surface area contributed by atoms with Crippen molar-refractivity contribution in [1.82, 2.24) is 0 Å². The molecule has 19 heavy (non-hydrogen) atoms. The van der Waals surface area contributed by atoms with E-state index >= 15 is 0 Å². The summed E-state index contributed by atoms with van der Waals surface area (Å²) in [7, 11) is 0. The predicted octanol–water partition coefficient (Wildman–Crippen LogP) is 3.50. The highest BCUT2D eigenvalue weighted by atomic mass is 16.5. The Balaban J connectivity index is 2.40. The highest BCUT2D eigenvalue weighted by molar-refractivity contribution is 6.10. The third-order valence-corrected chi connectivity index (χ3v) is 3.00. The zero-order valence-corrected chi connectivity index (χ0v) is 9.83. The summed E-state index contributed by atoms with van der Waals surface area (Å²) >= 11 is 0. The highest BCUT2D eigenvalue weighted by Crippen LogP contribution is 2.37. The molecule has 2 aromatic carbocycles. The number of hydrogen-bond acceptors (Lipinski definition) is 3. The summed E-state index contributed by atoms with van der Waals surface area (Å²) in [5.41, 5.74) is 1.59. The second kappa shape index (κ2) is 4.17. The van der Waals surface area contributed by atoms with E-state index < -0.39 is 5.97 Å². The lowest BCUT2D eigenvalue weighted by Crippen LogP contribution is -1.94. The fraction of sp³-hybridized carbons (Fsp3) is 0. The summed E-state index contributed by atoms with van der Waals surface area (Å²) in [5, 5.41) is 19.7. The van der Waals surface area contributed by atoms with Gasteiger partial charge in [-0.05, 0) is 17.2 Å². The highest BCUT2D eigenvalue weighted by Gasteiger charge is 2.21. The molecule has 3 rings (SSSR count). The van der Waals surface area contributed by atoms with Crippen molar-refractivity contribution in [3.63, 3.8) is 0 Å². The van der Waals surface area contributed by atoms with Gasteiger partial charge >= 0.3 is 5.97 Å². The quantitative estimate of drug-likeness (QED) is 0.734. The minimum absolute atomic E-state index is 0.244. The van der Waals surface area contributed by atoms with Crippen LogP contribution in [0.25, 0.3) is 21.9 Å². The molecule has 0 unspecified atom stereocenters. The van der Waals surface area contributed by atoms with Crippen molar-refractivity contribution in [3.8, 4) is 17.1 Å². The van der Waals surface area contributed by atoms with Crippen molar-refractivity contribution >= 4 is 16.7 Å². The second-order valence-corrected chi connectivity index (χ2v) is 4.14. The van der Waals surface area contributed by atoms with Gasteiger partial charge < -0.3 is 14.6 Å². The van der Waals surface area contributed by atoms with E-state index in [1.807, 2.05) is 30.3 Å². The monoisotopic (exact) mass is 254 g/mol. The van der Waals surface area contributed by atoms with E-state index in [1.54, 1.807) is 18.2 Å². The Kier molecular flexibility index (Phi) is 2.49. The molecule has 0 saturated heterocycles. The Bertz CT molecular complexity index is 756. The van der Waals surface area contributed by atoms with Crippen molar-refractivity contribution < 1.29 is 19.4 Å². The fourth-order valence-electron chi connectivity index (χ4n) is 2.19. The average molecular weight is 254 g/mol. The maximum atomic E-state index is 11.2. The minimum atomic E-state index is -1.20. The molecule has 0 aliphatic rings. The molecule has 0 amide bonds. The third kappa shape index (κ3) is 1.74. The number of carboxylic acid groups (broad SMARTS) is 1. The van der Waals surface area contributed by atoms with E-state index in [0.29, 0.717) is 10.8 Å². The van der Waals surface area contributed by atoms with E-state index in [9.17, 15) is 9.90 Å². The standard InChI is InChI=1S/C15H10O4/c16-14(17)13-12-10(9-5-2-1-3-6-9)7-4-8-11(12)15(18)19-13/h1-8,18H,(H,16,17). The summed E-state index contributed by atoms with van der Waals surface area (Å²) in [6.07, 6.45) is 0. The lowest BCUT2D eigenvalue weighted by atomic mass is 9.99. The summed E-state index contributed by atoms with van der Waals surface area (Å²) in [6, 6.07) is 14.6. The largest absolute Gasteiger partial charge is 0.480 e.